The van der Waals surface area contributed by atoms with Crippen molar-refractivity contribution in [3.05, 3.63) is 46.1 Å². The standard InChI is InChI=1S/C21H23FN2O4S2/c1-2-28-21(27)19-15-5-3-4-6-16(15)30-20(19)24-18(26)12-29-11-17(25)23-14-9-7-13(22)8-10-14/h7-10H,2-6,11-12H2,1H3,(H,23,25)(H,24,26). The molecule has 1 heterocycles. The average Bonchev–Trinajstić information content (AvgIpc) is 3.07. The number of hydrogen-bond donors (Lipinski definition) is 2. The van der Waals surface area contributed by atoms with Crippen molar-refractivity contribution in [1.82, 2.24) is 0 Å². The van der Waals surface area contributed by atoms with Crippen molar-refractivity contribution in [2.75, 3.05) is 28.7 Å². The summed E-state index contributed by atoms with van der Waals surface area (Å²) in [5, 5.41) is 6.00. The smallest absolute Gasteiger partial charge is 0.341 e. The molecule has 0 spiro atoms. The molecule has 1 aliphatic carbocycles. The molecule has 1 aromatic carbocycles. The van der Waals surface area contributed by atoms with Gasteiger partial charge < -0.3 is 15.4 Å². The molecule has 0 saturated carbocycles. The normalized spacial score (nSPS) is 12.7. The van der Waals surface area contributed by atoms with E-state index in [1.165, 1.54) is 35.6 Å². The number of rotatable bonds is 8. The van der Waals surface area contributed by atoms with Gasteiger partial charge in [0, 0.05) is 10.6 Å². The zero-order valence-electron chi connectivity index (χ0n) is 16.6. The largest absolute Gasteiger partial charge is 0.462 e. The Bertz CT molecular complexity index is 928. The number of nitrogens with one attached hydrogen (secondary N) is 2. The van der Waals surface area contributed by atoms with Gasteiger partial charge in [-0.15, -0.1) is 23.1 Å². The molecule has 0 saturated heterocycles. The summed E-state index contributed by atoms with van der Waals surface area (Å²) in [4.78, 5) is 37.9. The van der Waals surface area contributed by atoms with Crippen LogP contribution in [0.5, 0.6) is 0 Å². The lowest BCUT2D eigenvalue weighted by molar-refractivity contribution is -0.114. The first-order valence-corrected chi connectivity index (χ1v) is 11.7. The maximum Gasteiger partial charge on any atom is 0.341 e. The Balaban J connectivity index is 1.54. The summed E-state index contributed by atoms with van der Waals surface area (Å²) < 4.78 is 18.1. The lowest BCUT2D eigenvalue weighted by atomic mass is 9.95. The van der Waals surface area contributed by atoms with Crippen LogP contribution in [0.3, 0.4) is 0 Å². The second kappa shape index (κ2) is 10.6. The van der Waals surface area contributed by atoms with Gasteiger partial charge in [-0.2, -0.15) is 0 Å². The Labute approximate surface area is 182 Å². The fourth-order valence-corrected chi connectivity index (χ4v) is 5.11. The molecule has 0 bridgehead atoms. The van der Waals surface area contributed by atoms with Crippen LogP contribution in [0.1, 0.15) is 40.6 Å². The van der Waals surface area contributed by atoms with E-state index < -0.39 is 5.97 Å². The number of fused-ring (bicyclic) bond motifs is 1. The molecule has 160 valence electrons. The number of halogens is 1. The van der Waals surface area contributed by atoms with Gasteiger partial charge in [-0.25, -0.2) is 9.18 Å². The zero-order chi connectivity index (χ0) is 21.5. The van der Waals surface area contributed by atoms with Gasteiger partial charge in [-0.3, -0.25) is 9.59 Å². The quantitative estimate of drug-likeness (QED) is 0.588. The van der Waals surface area contributed by atoms with Crippen molar-refractivity contribution in [2.24, 2.45) is 0 Å². The van der Waals surface area contributed by atoms with E-state index in [9.17, 15) is 18.8 Å². The summed E-state index contributed by atoms with van der Waals surface area (Å²) in [5.41, 5.74) is 1.96. The van der Waals surface area contributed by atoms with Crippen LogP contribution in [0.2, 0.25) is 0 Å². The van der Waals surface area contributed by atoms with Crippen LogP contribution in [-0.4, -0.2) is 35.9 Å². The van der Waals surface area contributed by atoms with Crippen LogP contribution in [-0.2, 0) is 27.2 Å². The molecule has 2 aromatic rings. The molecule has 0 radical (unpaired) electrons. The number of carbonyl (C=O) groups is 3. The topological polar surface area (TPSA) is 84.5 Å². The number of thiophene rings is 1. The van der Waals surface area contributed by atoms with Gasteiger partial charge in [0.15, 0.2) is 0 Å². The molecule has 0 fully saturated rings. The number of esters is 1. The van der Waals surface area contributed by atoms with E-state index in [1.54, 1.807) is 6.92 Å². The predicted molar refractivity (Wildman–Crippen MR) is 118 cm³/mol. The van der Waals surface area contributed by atoms with Gasteiger partial charge in [-0.1, -0.05) is 0 Å². The molecule has 1 aromatic heterocycles. The third kappa shape index (κ3) is 5.82. The predicted octanol–water partition coefficient (Wildman–Crippen LogP) is 4.25. The third-order valence-corrected chi connectivity index (χ3v) is 6.64. The Hall–Kier alpha value is -2.39. The van der Waals surface area contributed by atoms with E-state index in [0.717, 1.165) is 47.9 Å². The molecular formula is C21H23FN2O4S2. The first kappa shape index (κ1) is 22.3. The molecule has 6 nitrogen and oxygen atoms in total. The second-order valence-corrected chi connectivity index (χ2v) is 8.82. The molecule has 30 heavy (non-hydrogen) atoms. The number of benzene rings is 1. The van der Waals surface area contributed by atoms with Crippen molar-refractivity contribution in [1.29, 1.82) is 0 Å². The Kier molecular flexibility index (Phi) is 7.87. The van der Waals surface area contributed by atoms with Crippen molar-refractivity contribution in [3.63, 3.8) is 0 Å². The van der Waals surface area contributed by atoms with Crippen LogP contribution >= 0.6 is 23.1 Å². The van der Waals surface area contributed by atoms with Crippen LogP contribution in [0.15, 0.2) is 24.3 Å². The summed E-state index contributed by atoms with van der Waals surface area (Å²) >= 11 is 2.60. The summed E-state index contributed by atoms with van der Waals surface area (Å²) in [5.74, 6) is -1.19. The highest BCUT2D eigenvalue weighted by Crippen LogP contribution is 2.38. The van der Waals surface area contributed by atoms with Crippen LogP contribution in [0.4, 0.5) is 15.1 Å². The number of thioether (sulfide) groups is 1. The van der Waals surface area contributed by atoms with Gasteiger partial charge in [0.05, 0.1) is 23.7 Å². The summed E-state index contributed by atoms with van der Waals surface area (Å²) in [6.45, 7) is 2.03. The van der Waals surface area contributed by atoms with Gasteiger partial charge >= 0.3 is 5.97 Å². The van der Waals surface area contributed by atoms with E-state index in [1.807, 2.05) is 0 Å². The molecule has 2 amide bonds. The minimum absolute atomic E-state index is 0.0711. The average molecular weight is 451 g/mol. The van der Waals surface area contributed by atoms with E-state index in [4.69, 9.17) is 4.74 Å². The number of aryl methyl sites for hydroxylation is 1. The minimum Gasteiger partial charge on any atom is -0.462 e. The lowest BCUT2D eigenvalue weighted by Crippen LogP contribution is -2.19. The Morgan fingerprint density at radius 2 is 1.73 bits per heavy atom. The number of ether oxygens (including phenoxy) is 1. The van der Waals surface area contributed by atoms with Gasteiger partial charge in [0.25, 0.3) is 0 Å². The van der Waals surface area contributed by atoms with Crippen molar-refractivity contribution in [2.45, 2.75) is 32.6 Å². The Morgan fingerprint density at radius 1 is 1.07 bits per heavy atom. The molecule has 0 atom stereocenters. The fraction of sp³-hybridized carbons (Fsp3) is 0.381. The van der Waals surface area contributed by atoms with E-state index in [-0.39, 0.29) is 35.7 Å². The maximum atomic E-state index is 12.9. The molecule has 1 aliphatic rings. The monoisotopic (exact) mass is 450 g/mol. The fourth-order valence-electron chi connectivity index (χ4n) is 3.20. The molecule has 9 heteroatoms. The minimum atomic E-state index is -0.404. The summed E-state index contributed by atoms with van der Waals surface area (Å²) in [6, 6.07) is 5.47. The van der Waals surface area contributed by atoms with Gasteiger partial charge in [0.2, 0.25) is 11.8 Å². The zero-order valence-corrected chi connectivity index (χ0v) is 18.2. The van der Waals surface area contributed by atoms with Crippen LogP contribution < -0.4 is 10.6 Å². The number of anilines is 2. The van der Waals surface area contributed by atoms with E-state index >= 15 is 0 Å². The molecule has 2 N–H and O–H groups in total. The first-order valence-electron chi connectivity index (χ1n) is 9.72. The first-order chi connectivity index (χ1) is 14.5. The van der Waals surface area contributed by atoms with Crippen molar-refractivity contribution in [3.8, 4) is 0 Å². The number of amides is 2. The van der Waals surface area contributed by atoms with Crippen LogP contribution in [0, 0.1) is 5.82 Å². The molecule has 0 unspecified atom stereocenters. The lowest BCUT2D eigenvalue weighted by Gasteiger charge is -2.12. The van der Waals surface area contributed by atoms with E-state index in [2.05, 4.69) is 10.6 Å². The maximum absolute atomic E-state index is 12.9. The van der Waals surface area contributed by atoms with E-state index in [0.29, 0.717) is 16.3 Å². The number of hydrogen-bond acceptors (Lipinski definition) is 6. The summed E-state index contributed by atoms with van der Waals surface area (Å²) in [6.07, 6.45) is 3.81. The highest BCUT2D eigenvalue weighted by molar-refractivity contribution is 8.00. The molecule has 3 rings (SSSR count). The SMILES string of the molecule is CCOC(=O)c1c(NC(=O)CSCC(=O)Nc2ccc(F)cc2)sc2c1CCCC2. The highest BCUT2D eigenvalue weighted by atomic mass is 32.2. The number of carbonyl (C=O) groups excluding carboxylic acids is 3. The van der Waals surface area contributed by atoms with Crippen LogP contribution in [0.25, 0.3) is 0 Å². The van der Waals surface area contributed by atoms with Crippen molar-refractivity contribution >= 4 is 51.6 Å². The Morgan fingerprint density at radius 3 is 2.43 bits per heavy atom. The second-order valence-electron chi connectivity index (χ2n) is 6.73. The van der Waals surface area contributed by atoms with Crippen molar-refractivity contribution < 1.29 is 23.5 Å². The van der Waals surface area contributed by atoms with Gasteiger partial charge in [-0.05, 0) is 62.4 Å². The summed E-state index contributed by atoms with van der Waals surface area (Å²) in [7, 11) is 0. The highest BCUT2D eigenvalue weighted by Gasteiger charge is 2.27. The van der Waals surface area contributed by atoms with Gasteiger partial charge in [0.1, 0.15) is 10.8 Å². The molecular weight excluding hydrogens is 427 g/mol. The third-order valence-electron chi connectivity index (χ3n) is 4.50. The molecule has 0 aliphatic heterocycles.